The lowest BCUT2D eigenvalue weighted by Crippen LogP contribution is -2.41. The van der Waals surface area contributed by atoms with Gasteiger partial charge in [-0.25, -0.2) is 4.79 Å². The van der Waals surface area contributed by atoms with E-state index in [2.05, 4.69) is 66.3 Å². The Morgan fingerprint density at radius 3 is 1.88 bits per heavy atom. The molecule has 0 aromatic heterocycles. The zero-order valence-corrected chi connectivity index (χ0v) is 25.6. The first-order chi connectivity index (χ1) is 16.2. The fourth-order valence-corrected chi connectivity index (χ4v) is 9.95. The number of benzene rings is 1. The summed E-state index contributed by atoms with van der Waals surface area (Å²) in [6, 6.07) is 13.4. The molecule has 0 saturated carbocycles. The highest BCUT2D eigenvalue weighted by atomic mass is 32.2. The predicted molar refractivity (Wildman–Crippen MR) is 154 cm³/mol. The molecule has 0 amide bonds. The van der Waals surface area contributed by atoms with Crippen molar-refractivity contribution >= 4 is 34.4 Å². The lowest BCUT2D eigenvalue weighted by atomic mass is 10.1. The normalized spacial score (nSPS) is 11.9. The maximum absolute atomic E-state index is 11.4. The highest BCUT2D eigenvalue weighted by Crippen LogP contribution is 2.37. The molecular formula is C27H48O4SSi2. The van der Waals surface area contributed by atoms with Crippen molar-refractivity contribution in [3.05, 3.63) is 35.9 Å². The number of aryl methyl sites for hydroxylation is 1. The highest BCUT2D eigenvalue weighted by molar-refractivity contribution is 7.99. The van der Waals surface area contributed by atoms with Gasteiger partial charge in [0.25, 0.3) is 16.6 Å². The van der Waals surface area contributed by atoms with Crippen molar-refractivity contribution < 1.29 is 18.4 Å². The molecule has 0 saturated heterocycles. The van der Waals surface area contributed by atoms with Crippen LogP contribution in [0.2, 0.25) is 36.3 Å². The quantitative estimate of drug-likeness (QED) is 0.0837. The van der Waals surface area contributed by atoms with E-state index in [0.717, 1.165) is 72.1 Å². The summed E-state index contributed by atoms with van der Waals surface area (Å²) >= 11 is 1.82. The van der Waals surface area contributed by atoms with E-state index in [0.29, 0.717) is 12.2 Å². The highest BCUT2D eigenvalue weighted by Gasteiger charge is 2.35. The molecule has 194 valence electrons. The molecule has 1 aromatic carbocycles. The number of carbonyl (C=O) groups excluding carboxylic acids is 1. The number of ether oxygens (including phenoxy) is 1. The molecule has 0 aliphatic carbocycles. The Hall–Kier alpha value is -1.19. The third-order valence-electron chi connectivity index (χ3n) is 7.09. The molecule has 0 unspecified atom stereocenters. The molecule has 0 radical (unpaired) electrons. The van der Waals surface area contributed by atoms with Crippen molar-refractivity contribution in [1.82, 2.24) is 0 Å². The number of esters is 1. The maximum atomic E-state index is 11.4. The van der Waals surface area contributed by atoms with Crippen LogP contribution in [0.15, 0.2) is 30.4 Å². The van der Waals surface area contributed by atoms with Crippen LogP contribution < -0.4 is 8.85 Å². The fourth-order valence-electron chi connectivity index (χ4n) is 4.07. The van der Waals surface area contributed by atoms with E-state index in [9.17, 15) is 4.79 Å². The molecule has 7 heteroatoms. The van der Waals surface area contributed by atoms with Gasteiger partial charge in [-0.05, 0) is 79.5 Å². The van der Waals surface area contributed by atoms with Gasteiger partial charge < -0.3 is 13.6 Å². The summed E-state index contributed by atoms with van der Waals surface area (Å²) in [6.45, 7) is 19.4. The lowest BCUT2D eigenvalue weighted by Gasteiger charge is -2.34. The average Bonchev–Trinajstić information content (AvgIpc) is 2.86. The van der Waals surface area contributed by atoms with Gasteiger partial charge in [-0.2, -0.15) is 11.8 Å². The van der Waals surface area contributed by atoms with Gasteiger partial charge in [0, 0.05) is 11.3 Å². The molecule has 1 rings (SSSR count). The van der Waals surface area contributed by atoms with Crippen LogP contribution in [0.1, 0.15) is 60.5 Å². The van der Waals surface area contributed by atoms with Crippen molar-refractivity contribution in [3.63, 3.8) is 0 Å². The first kappa shape index (κ1) is 30.8. The fraction of sp³-hybridized carbons (Fsp3) is 0.667. The standard InChI is InChI=1S/C27H48O4SSi2/c1-9-33(10-2,11-3)30-25-18-17-24(22-26(25)31-34(12-4,13-5)14-6)16-15-20-32-21-19-29-27(28)23(7)8/h17-18,22H,7,9-16,19-21H2,1-6,8H3. The van der Waals surface area contributed by atoms with Crippen LogP contribution in [0.25, 0.3) is 0 Å². The number of thioether (sulfide) groups is 1. The molecule has 0 aliphatic heterocycles. The summed E-state index contributed by atoms with van der Waals surface area (Å²) in [5.41, 5.74) is 1.76. The van der Waals surface area contributed by atoms with E-state index in [4.69, 9.17) is 13.6 Å². The smallest absolute Gasteiger partial charge is 0.333 e. The van der Waals surface area contributed by atoms with Crippen molar-refractivity contribution in [2.45, 2.75) is 97.6 Å². The molecule has 4 nitrogen and oxygen atoms in total. The molecule has 0 bridgehead atoms. The molecule has 0 atom stereocenters. The molecule has 0 N–H and O–H groups in total. The van der Waals surface area contributed by atoms with Crippen molar-refractivity contribution in [2.75, 3.05) is 18.1 Å². The van der Waals surface area contributed by atoms with E-state index in [1.165, 1.54) is 5.56 Å². The largest absolute Gasteiger partial charge is 0.541 e. The van der Waals surface area contributed by atoms with Crippen LogP contribution in [0.3, 0.4) is 0 Å². The molecule has 34 heavy (non-hydrogen) atoms. The average molecular weight is 525 g/mol. The second-order valence-electron chi connectivity index (χ2n) is 9.10. The van der Waals surface area contributed by atoms with Gasteiger partial charge in [0.1, 0.15) is 18.1 Å². The van der Waals surface area contributed by atoms with Gasteiger partial charge in [-0.1, -0.05) is 54.2 Å². The Labute approximate surface area is 215 Å². The van der Waals surface area contributed by atoms with Crippen LogP contribution in [0, 0.1) is 0 Å². The van der Waals surface area contributed by atoms with Crippen molar-refractivity contribution in [1.29, 1.82) is 0 Å². The summed E-state index contributed by atoms with van der Waals surface area (Å²) in [5.74, 6) is 3.48. The molecular weight excluding hydrogens is 477 g/mol. The summed E-state index contributed by atoms with van der Waals surface area (Å²) in [7, 11) is -3.59. The summed E-state index contributed by atoms with van der Waals surface area (Å²) in [5, 5.41) is 0. The number of rotatable bonds is 18. The Kier molecular flexibility index (Phi) is 14.3. The molecule has 0 spiro atoms. The number of hydrogen-bond acceptors (Lipinski definition) is 5. The van der Waals surface area contributed by atoms with Gasteiger partial charge in [0.05, 0.1) is 0 Å². The van der Waals surface area contributed by atoms with Crippen LogP contribution in [-0.2, 0) is 16.0 Å². The van der Waals surface area contributed by atoms with Gasteiger partial charge >= 0.3 is 5.97 Å². The van der Waals surface area contributed by atoms with E-state index >= 15 is 0 Å². The van der Waals surface area contributed by atoms with Crippen LogP contribution in [0.5, 0.6) is 11.5 Å². The maximum Gasteiger partial charge on any atom is 0.333 e. The van der Waals surface area contributed by atoms with Crippen molar-refractivity contribution in [3.8, 4) is 11.5 Å². The van der Waals surface area contributed by atoms with Gasteiger partial charge in [-0.3, -0.25) is 0 Å². The minimum atomic E-state index is -1.81. The van der Waals surface area contributed by atoms with Crippen molar-refractivity contribution in [2.24, 2.45) is 0 Å². The zero-order chi connectivity index (χ0) is 25.6. The van der Waals surface area contributed by atoms with Gasteiger partial charge in [0.2, 0.25) is 0 Å². The lowest BCUT2D eigenvalue weighted by molar-refractivity contribution is -0.138. The van der Waals surface area contributed by atoms with E-state index in [-0.39, 0.29) is 5.97 Å². The second-order valence-corrected chi connectivity index (χ2v) is 19.7. The third-order valence-corrected chi connectivity index (χ3v) is 17.2. The first-order valence-electron chi connectivity index (χ1n) is 13.1. The summed E-state index contributed by atoms with van der Waals surface area (Å²) in [6.07, 6.45) is 2.08. The van der Waals surface area contributed by atoms with Gasteiger partial charge in [0.15, 0.2) is 0 Å². The van der Waals surface area contributed by atoms with Crippen LogP contribution >= 0.6 is 11.8 Å². The zero-order valence-electron chi connectivity index (χ0n) is 22.8. The van der Waals surface area contributed by atoms with E-state index < -0.39 is 16.6 Å². The van der Waals surface area contributed by atoms with E-state index in [1.807, 2.05) is 11.8 Å². The molecule has 1 aromatic rings. The Bertz CT molecular complexity index is 744. The van der Waals surface area contributed by atoms with Crippen LogP contribution in [-0.4, -0.2) is 40.7 Å². The molecule has 0 fully saturated rings. The third kappa shape index (κ3) is 9.46. The first-order valence-corrected chi connectivity index (χ1v) is 19.4. The van der Waals surface area contributed by atoms with Gasteiger partial charge in [-0.15, -0.1) is 0 Å². The van der Waals surface area contributed by atoms with E-state index in [1.54, 1.807) is 6.92 Å². The van der Waals surface area contributed by atoms with Crippen LogP contribution in [0.4, 0.5) is 0 Å². The SMILES string of the molecule is C=C(C)C(=O)OCCSCCCc1ccc(O[Si](CC)(CC)CC)c(O[Si](CC)(CC)CC)c1. The predicted octanol–water partition coefficient (Wildman–Crippen LogP) is 8.24. The summed E-state index contributed by atoms with van der Waals surface area (Å²) < 4.78 is 18.8. The summed E-state index contributed by atoms with van der Waals surface area (Å²) in [4.78, 5) is 11.4. The second kappa shape index (κ2) is 15.7. The minimum Gasteiger partial charge on any atom is -0.541 e. The Morgan fingerprint density at radius 1 is 0.853 bits per heavy atom. The Balaban J connectivity index is 2.87. The molecule has 0 aliphatic rings. The Morgan fingerprint density at radius 2 is 1.38 bits per heavy atom. The minimum absolute atomic E-state index is 0.303. The monoisotopic (exact) mass is 524 g/mol. The number of carbonyl (C=O) groups is 1. The number of hydrogen-bond donors (Lipinski definition) is 0. The molecule has 0 heterocycles. The topological polar surface area (TPSA) is 44.8 Å².